The Morgan fingerprint density at radius 3 is 2.39 bits per heavy atom. The van der Waals surface area contributed by atoms with E-state index in [1.165, 1.54) is 31.4 Å². The lowest BCUT2D eigenvalue weighted by molar-refractivity contribution is -0.146. The fraction of sp³-hybridized carbons (Fsp3) is 0.238. The number of aliphatic carboxylic acids is 1. The number of para-hydroxylation sites is 1. The summed E-state index contributed by atoms with van der Waals surface area (Å²) in [4.78, 5) is 24.2. The number of allylic oxidation sites excluding steroid dienone is 2. The molecule has 0 aliphatic heterocycles. The van der Waals surface area contributed by atoms with Crippen LogP contribution in [-0.2, 0) is 19.6 Å². The van der Waals surface area contributed by atoms with Crippen molar-refractivity contribution in [3.63, 3.8) is 0 Å². The molecule has 8 nitrogen and oxygen atoms in total. The van der Waals surface area contributed by atoms with Gasteiger partial charge in [-0.05, 0) is 43.2 Å². The first-order chi connectivity index (χ1) is 14.7. The van der Waals surface area contributed by atoms with Gasteiger partial charge in [0.1, 0.15) is 5.75 Å². The summed E-state index contributed by atoms with van der Waals surface area (Å²) in [7, 11) is -2.64. The van der Waals surface area contributed by atoms with E-state index in [2.05, 4.69) is 10.0 Å². The first-order valence-electron chi connectivity index (χ1n) is 9.37. The van der Waals surface area contributed by atoms with Crippen LogP contribution >= 0.6 is 11.6 Å². The van der Waals surface area contributed by atoms with Crippen molar-refractivity contribution in [3.8, 4) is 5.75 Å². The second-order valence-corrected chi connectivity index (χ2v) is 9.02. The number of sulfonamides is 1. The number of ether oxygens (including phenoxy) is 1. The Kier molecular flexibility index (Phi) is 6.87. The van der Waals surface area contributed by atoms with Crippen LogP contribution in [0.25, 0.3) is 0 Å². The summed E-state index contributed by atoms with van der Waals surface area (Å²) in [5.41, 5.74) is 0.331. The number of carboxylic acid groups (broad SMARTS) is 1. The molecule has 0 radical (unpaired) electrons. The van der Waals surface area contributed by atoms with Gasteiger partial charge in [-0.1, -0.05) is 35.9 Å². The Balaban J connectivity index is 1.88. The zero-order chi connectivity index (χ0) is 22.6. The number of amides is 1. The van der Waals surface area contributed by atoms with E-state index in [0.717, 1.165) is 0 Å². The average molecular weight is 465 g/mol. The Hall–Kier alpha value is -3.04. The zero-order valence-corrected chi connectivity index (χ0v) is 18.1. The zero-order valence-electron chi connectivity index (χ0n) is 16.5. The van der Waals surface area contributed by atoms with Crippen LogP contribution in [0.1, 0.15) is 12.8 Å². The molecular weight excluding hydrogens is 444 g/mol. The van der Waals surface area contributed by atoms with Crippen LogP contribution in [-0.4, -0.2) is 32.5 Å². The molecule has 0 saturated carbocycles. The van der Waals surface area contributed by atoms with Crippen LogP contribution in [0.2, 0.25) is 5.02 Å². The van der Waals surface area contributed by atoms with Crippen molar-refractivity contribution >= 4 is 44.9 Å². The van der Waals surface area contributed by atoms with Crippen LogP contribution in [0.3, 0.4) is 0 Å². The van der Waals surface area contributed by atoms with Crippen molar-refractivity contribution in [1.29, 1.82) is 0 Å². The quantitative estimate of drug-likeness (QED) is 0.536. The van der Waals surface area contributed by atoms with E-state index in [1.807, 2.05) is 0 Å². The van der Waals surface area contributed by atoms with Crippen molar-refractivity contribution in [2.24, 2.45) is 11.8 Å². The molecule has 10 heteroatoms. The molecule has 0 spiro atoms. The van der Waals surface area contributed by atoms with Gasteiger partial charge in [0, 0.05) is 0 Å². The summed E-state index contributed by atoms with van der Waals surface area (Å²) in [6.45, 7) is 0. The highest BCUT2D eigenvalue weighted by molar-refractivity contribution is 7.92. The van der Waals surface area contributed by atoms with E-state index in [4.69, 9.17) is 16.3 Å². The second kappa shape index (κ2) is 9.40. The number of halogens is 1. The molecule has 0 saturated heterocycles. The molecule has 0 fully saturated rings. The van der Waals surface area contributed by atoms with Gasteiger partial charge in [-0.3, -0.25) is 14.3 Å². The lowest BCUT2D eigenvalue weighted by Gasteiger charge is -2.24. The largest absolute Gasteiger partial charge is 0.495 e. The molecule has 2 aromatic rings. The number of anilines is 2. The maximum absolute atomic E-state index is 12.8. The molecule has 1 aliphatic carbocycles. The lowest BCUT2D eigenvalue weighted by Crippen LogP contribution is -2.34. The number of benzene rings is 2. The average Bonchev–Trinajstić information content (AvgIpc) is 2.75. The second-order valence-electron chi connectivity index (χ2n) is 6.93. The van der Waals surface area contributed by atoms with Crippen molar-refractivity contribution in [2.75, 3.05) is 17.1 Å². The minimum Gasteiger partial charge on any atom is -0.495 e. The van der Waals surface area contributed by atoms with Gasteiger partial charge >= 0.3 is 5.97 Å². The first kappa shape index (κ1) is 22.6. The number of hydrogen-bond acceptors (Lipinski definition) is 5. The van der Waals surface area contributed by atoms with Gasteiger partial charge in [0.15, 0.2) is 0 Å². The molecule has 0 aromatic heterocycles. The fourth-order valence-electron chi connectivity index (χ4n) is 3.30. The topological polar surface area (TPSA) is 122 Å². The smallest absolute Gasteiger partial charge is 0.307 e. The molecular formula is C21H21ClN2O6S. The molecule has 2 atom stereocenters. The molecule has 1 amide bonds. The molecule has 0 bridgehead atoms. The predicted octanol–water partition coefficient (Wildman–Crippen LogP) is 3.75. The lowest BCUT2D eigenvalue weighted by atomic mass is 9.82. The predicted molar refractivity (Wildman–Crippen MR) is 117 cm³/mol. The van der Waals surface area contributed by atoms with Crippen molar-refractivity contribution in [1.82, 2.24) is 0 Å². The number of carboxylic acids is 1. The molecule has 0 heterocycles. The minimum absolute atomic E-state index is 0.119. The van der Waals surface area contributed by atoms with Crippen molar-refractivity contribution < 1.29 is 27.9 Å². The van der Waals surface area contributed by atoms with E-state index in [1.54, 1.807) is 30.4 Å². The third-order valence-corrected chi connectivity index (χ3v) is 6.64. The Labute approximate surface area is 184 Å². The number of nitrogens with one attached hydrogen (secondary N) is 2. The summed E-state index contributed by atoms with van der Waals surface area (Å²) in [6, 6.07) is 10.4. The van der Waals surface area contributed by atoms with Gasteiger partial charge in [-0.25, -0.2) is 8.42 Å². The Bertz CT molecular complexity index is 1130. The molecule has 3 rings (SSSR count). The van der Waals surface area contributed by atoms with Crippen LogP contribution < -0.4 is 14.8 Å². The molecule has 3 N–H and O–H groups in total. The van der Waals surface area contributed by atoms with Gasteiger partial charge < -0.3 is 15.2 Å². The SMILES string of the molecule is COc1ccc(S(=O)(=O)Nc2ccccc2Cl)cc1NC(=O)[C@@H]1CC=CC[C@H]1C(=O)O. The van der Waals surface area contributed by atoms with Crippen LogP contribution in [0, 0.1) is 11.8 Å². The van der Waals surface area contributed by atoms with Gasteiger partial charge in [-0.15, -0.1) is 0 Å². The minimum atomic E-state index is -4.01. The third-order valence-electron chi connectivity index (χ3n) is 4.94. The highest BCUT2D eigenvalue weighted by atomic mass is 35.5. The fourth-order valence-corrected chi connectivity index (χ4v) is 4.65. The number of carbonyl (C=O) groups is 2. The summed E-state index contributed by atoms with van der Waals surface area (Å²) in [6.07, 6.45) is 4.02. The van der Waals surface area contributed by atoms with Crippen LogP contribution in [0.4, 0.5) is 11.4 Å². The number of hydrogen-bond donors (Lipinski definition) is 3. The third kappa shape index (κ3) is 5.18. The maximum Gasteiger partial charge on any atom is 0.307 e. The van der Waals surface area contributed by atoms with Crippen LogP contribution in [0.5, 0.6) is 5.75 Å². The first-order valence-corrected chi connectivity index (χ1v) is 11.2. The highest BCUT2D eigenvalue weighted by Crippen LogP contribution is 2.32. The Morgan fingerprint density at radius 2 is 1.74 bits per heavy atom. The van der Waals surface area contributed by atoms with Gasteiger partial charge in [-0.2, -0.15) is 0 Å². The van der Waals surface area contributed by atoms with E-state index in [9.17, 15) is 23.1 Å². The van der Waals surface area contributed by atoms with E-state index >= 15 is 0 Å². The monoisotopic (exact) mass is 464 g/mol. The highest BCUT2D eigenvalue weighted by Gasteiger charge is 2.34. The van der Waals surface area contributed by atoms with Gasteiger partial charge in [0.25, 0.3) is 10.0 Å². The van der Waals surface area contributed by atoms with Crippen LogP contribution in [0.15, 0.2) is 59.5 Å². The summed E-state index contributed by atoms with van der Waals surface area (Å²) in [5.74, 6) is -2.98. The Morgan fingerprint density at radius 1 is 1.06 bits per heavy atom. The molecule has 2 aromatic carbocycles. The van der Waals surface area contributed by atoms with Gasteiger partial charge in [0.05, 0.1) is 40.2 Å². The maximum atomic E-state index is 12.8. The summed E-state index contributed by atoms with van der Waals surface area (Å²) in [5, 5.41) is 12.3. The number of rotatable bonds is 7. The van der Waals surface area contributed by atoms with Crippen molar-refractivity contribution in [2.45, 2.75) is 17.7 Å². The normalized spacial score (nSPS) is 18.3. The van der Waals surface area contributed by atoms with Gasteiger partial charge in [0.2, 0.25) is 5.91 Å². The molecule has 164 valence electrons. The molecule has 1 aliphatic rings. The summed E-state index contributed by atoms with van der Waals surface area (Å²) >= 11 is 6.03. The molecule has 0 unspecified atom stereocenters. The number of methoxy groups -OCH3 is 1. The molecule has 31 heavy (non-hydrogen) atoms. The van der Waals surface area contributed by atoms with Crippen molar-refractivity contribution in [3.05, 3.63) is 59.6 Å². The standard InChI is InChI=1S/C21H21ClN2O6S/c1-30-19-11-10-13(31(28,29)24-17-9-5-4-8-16(17)22)12-18(19)23-20(25)14-6-2-3-7-15(14)21(26)27/h2-5,8-12,14-15,24H,6-7H2,1H3,(H,23,25)(H,26,27)/t14-,15-/m1/s1. The van der Waals surface area contributed by atoms with E-state index in [-0.39, 0.29) is 39.9 Å². The van der Waals surface area contributed by atoms with E-state index < -0.39 is 33.7 Å². The number of carbonyl (C=O) groups excluding carboxylic acids is 1. The van der Waals surface area contributed by atoms with E-state index in [0.29, 0.717) is 0 Å². The summed E-state index contributed by atoms with van der Waals surface area (Å²) < 4.78 is 33.3.